The van der Waals surface area contributed by atoms with Gasteiger partial charge in [-0.2, -0.15) is 0 Å². The van der Waals surface area contributed by atoms with Crippen molar-refractivity contribution in [3.05, 3.63) is 69.5 Å². The predicted molar refractivity (Wildman–Crippen MR) is 105 cm³/mol. The molecule has 0 saturated carbocycles. The smallest absolute Gasteiger partial charge is 0.336 e. The van der Waals surface area contributed by atoms with Crippen LogP contribution in [0.1, 0.15) is 5.69 Å². The minimum absolute atomic E-state index is 0.204. The number of hydrogen-bond acceptors (Lipinski definition) is 7. The number of esters is 1. The quantitative estimate of drug-likeness (QED) is 0.474. The summed E-state index contributed by atoms with van der Waals surface area (Å²) in [5, 5.41) is 0.364. The molecule has 148 valence electrons. The van der Waals surface area contributed by atoms with Crippen molar-refractivity contribution in [1.29, 1.82) is 0 Å². The second-order valence-corrected chi connectivity index (χ2v) is 6.54. The molecule has 0 radical (unpaired) electrons. The van der Waals surface area contributed by atoms with Gasteiger partial charge in [0.05, 0.1) is 29.9 Å². The Morgan fingerprint density at radius 2 is 2.03 bits per heavy atom. The van der Waals surface area contributed by atoms with Crippen LogP contribution in [0.2, 0.25) is 0 Å². The number of aryl methyl sites for hydroxylation is 1. The van der Waals surface area contributed by atoms with Crippen LogP contribution >= 0.6 is 0 Å². The highest BCUT2D eigenvalue weighted by atomic mass is 16.5. The van der Waals surface area contributed by atoms with E-state index >= 15 is 0 Å². The molecule has 0 fully saturated rings. The largest absolute Gasteiger partial charge is 0.468 e. The van der Waals surface area contributed by atoms with E-state index < -0.39 is 23.3 Å². The minimum Gasteiger partial charge on any atom is -0.468 e. The standard InChI is InChI=1S/C19H18N6O4/c1-23-15-10-21-6-5-12(15)17(26)25(19(23)28)14-4-3-11(9-13(20)18(27)29-2)24-8-7-22-16(14)24/h3-8,10,13H,9,20H2,1-2H3/t13-/m0/s1. The van der Waals surface area contributed by atoms with Crippen LogP contribution in [0.15, 0.2) is 52.6 Å². The number of fused-ring (bicyclic) bond motifs is 2. The van der Waals surface area contributed by atoms with Crippen LogP contribution in [-0.2, 0) is 23.0 Å². The third-order valence-corrected chi connectivity index (χ3v) is 4.86. The first kappa shape index (κ1) is 18.6. The lowest BCUT2D eigenvalue weighted by Gasteiger charge is -2.14. The van der Waals surface area contributed by atoms with Crippen LogP contribution in [0.25, 0.3) is 22.2 Å². The molecule has 0 spiro atoms. The van der Waals surface area contributed by atoms with Crippen molar-refractivity contribution in [2.24, 2.45) is 12.8 Å². The molecule has 4 heterocycles. The lowest BCUT2D eigenvalue weighted by atomic mass is 10.1. The molecule has 4 aromatic rings. The van der Waals surface area contributed by atoms with Crippen molar-refractivity contribution in [2.45, 2.75) is 12.5 Å². The van der Waals surface area contributed by atoms with Crippen LogP contribution in [0.5, 0.6) is 0 Å². The van der Waals surface area contributed by atoms with Crippen LogP contribution in [0.3, 0.4) is 0 Å². The zero-order valence-corrected chi connectivity index (χ0v) is 15.8. The van der Waals surface area contributed by atoms with Gasteiger partial charge in [0, 0.05) is 37.8 Å². The molecule has 4 aromatic heterocycles. The predicted octanol–water partition coefficient (Wildman–Crippen LogP) is -0.225. The van der Waals surface area contributed by atoms with Gasteiger partial charge in [-0.15, -0.1) is 0 Å². The van der Waals surface area contributed by atoms with Crippen molar-refractivity contribution < 1.29 is 9.53 Å². The Morgan fingerprint density at radius 3 is 2.79 bits per heavy atom. The van der Waals surface area contributed by atoms with E-state index in [1.165, 1.54) is 24.1 Å². The molecule has 0 aromatic carbocycles. The molecule has 0 saturated heterocycles. The number of carbonyl (C=O) groups is 1. The van der Waals surface area contributed by atoms with Crippen LogP contribution in [0.4, 0.5) is 0 Å². The van der Waals surface area contributed by atoms with Gasteiger partial charge in [-0.3, -0.25) is 19.1 Å². The second kappa shape index (κ2) is 6.99. The molecule has 10 heteroatoms. The zero-order valence-electron chi connectivity index (χ0n) is 15.8. The van der Waals surface area contributed by atoms with Crippen molar-refractivity contribution in [3.63, 3.8) is 0 Å². The van der Waals surface area contributed by atoms with Crippen LogP contribution in [-0.4, -0.2) is 42.6 Å². The molecule has 4 rings (SSSR count). The van der Waals surface area contributed by atoms with Gasteiger partial charge in [0.2, 0.25) is 0 Å². The number of nitrogens with zero attached hydrogens (tertiary/aromatic N) is 5. The number of pyridine rings is 2. The summed E-state index contributed by atoms with van der Waals surface area (Å²) in [7, 11) is 2.85. The molecule has 0 aliphatic carbocycles. The molecular weight excluding hydrogens is 376 g/mol. The molecule has 0 aliphatic heterocycles. The van der Waals surface area contributed by atoms with Gasteiger partial charge in [0.1, 0.15) is 6.04 Å². The van der Waals surface area contributed by atoms with E-state index in [4.69, 9.17) is 5.73 Å². The average Bonchev–Trinajstić information content (AvgIpc) is 3.23. The molecule has 1 atom stereocenters. The lowest BCUT2D eigenvalue weighted by Crippen LogP contribution is -2.38. The number of carbonyl (C=O) groups excluding carboxylic acids is 1. The number of aromatic nitrogens is 5. The highest BCUT2D eigenvalue weighted by Crippen LogP contribution is 2.17. The Balaban J connectivity index is 1.95. The van der Waals surface area contributed by atoms with Crippen LogP contribution in [0, 0.1) is 0 Å². The Kier molecular flexibility index (Phi) is 4.47. The van der Waals surface area contributed by atoms with Gasteiger partial charge in [-0.1, -0.05) is 0 Å². The van der Waals surface area contributed by atoms with E-state index in [-0.39, 0.29) is 6.42 Å². The molecule has 2 N–H and O–H groups in total. The maximum atomic E-state index is 13.1. The minimum atomic E-state index is -0.847. The highest BCUT2D eigenvalue weighted by molar-refractivity contribution is 5.78. The fraction of sp³-hybridized carbons (Fsp3) is 0.211. The maximum Gasteiger partial charge on any atom is 0.336 e. The van der Waals surface area contributed by atoms with E-state index in [1.54, 1.807) is 42.0 Å². The van der Waals surface area contributed by atoms with Crippen molar-refractivity contribution in [2.75, 3.05) is 7.11 Å². The zero-order chi connectivity index (χ0) is 20.7. The summed E-state index contributed by atoms with van der Waals surface area (Å²) in [6, 6.07) is 4.05. The first-order valence-electron chi connectivity index (χ1n) is 8.78. The second-order valence-electron chi connectivity index (χ2n) is 6.54. The number of ether oxygens (including phenoxy) is 1. The van der Waals surface area contributed by atoms with Crippen molar-refractivity contribution >= 4 is 22.5 Å². The summed E-state index contributed by atoms with van der Waals surface area (Å²) in [4.78, 5) is 46.0. The van der Waals surface area contributed by atoms with Crippen molar-refractivity contribution in [1.82, 2.24) is 23.5 Å². The third kappa shape index (κ3) is 2.90. The summed E-state index contributed by atoms with van der Waals surface area (Å²) in [6.07, 6.45) is 6.41. The number of nitrogens with two attached hydrogens (primary N) is 1. The summed E-state index contributed by atoms with van der Waals surface area (Å²) < 4.78 is 8.81. The lowest BCUT2D eigenvalue weighted by molar-refractivity contribution is -0.142. The maximum absolute atomic E-state index is 13.1. The van der Waals surface area contributed by atoms with Gasteiger partial charge < -0.3 is 14.9 Å². The molecule has 0 aliphatic rings. The molecule has 0 amide bonds. The van der Waals surface area contributed by atoms with E-state index in [9.17, 15) is 14.4 Å². The normalized spacial score (nSPS) is 12.4. The average molecular weight is 394 g/mol. The number of rotatable bonds is 4. The highest BCUT2D eigenvalue weighted by Gasteiger charge is 2.19. The fourth-order valence-electron chi connectivity index (χ4n) is 3.36. The Bertz CT molecular complexity index is 1370. The monoisotopic (exact) mass is 394 g/mol. The molecule has 0 bridgehead atoms. The van der Waals surface area contributed by atoms with E-state index in [2.05, 4.69) is 14.7 Å². The molecule has 29 heavy (non-hydrogen) atoms. The topological polar surface area (TPSA) is 127 Å². The van der Waals surface area contributed by atoms with Crippen molar-refractivity contribution in [3.8, 4) is 5.69 Å². The van der Waals surface area contributed by atoms with Gasteiger partial charge in [-0.05, 0) is 18.2 Å². The first-order chi connectivity index (χ1) is 13.9. The number of methoxy groups -OCH3 is 1. The van der Waals surface area contributed by atoms with Gasteiger partial charge in [0.25, 0.3) is 5.56 Å². The molecule has 10 nitrogen and oxygen atoms in total. The SMILES string of the molecule is COC(=O)[C@@H](N)Cc1ccc(-n2c(=O)c3ccncc3n(C)c2=O)c2nccn12. The Hall–Kier alpha value is -3.79. The van der Waals surface area contributed by atoms with Gasteiger partial charge in [0.15, 0.2) is 5.65 Å². The summed E-state index contributed by atoms with van der Waals surface area (Å²) >= 11 is 0. The number of imidazole rings is 1. The van der Waals surface area contributed by atoms with Gasteiger partial charge in [-0.25, -0.2) is 14.3 Å². The third-order valence-electron chi connectivity index (χ3n) is 4.86. The summed E-state index contributed by atoms with van der Waals surface area (Å²) in [5.41, 5.74) is 6.75. The van der Waals surface area contributed by atoms with Gasteiger partial charge >= 0.3 is 11.7 Å². The Labute approximate surface area is 163 Å². The summed E-state index contributed by atoms with van der Waals surface area (Å²) in [5.74, 6) is -0.532. The Morgan fingerprint density at radius 1 is 1.24 bits per heavy atom. The van der Waals surface area contributed by atoms with E-state index in [0.717, 1.165) is 4.57 Å². The van der Waals surface area contributed by atoms with E-state index in [0.29, 0.717) is 27.9 Å². The number of hydrogen-bond donors (Lipinski definition) is 1. The molecular formula is C19H18N6O4. The molecule has 0 unspecified atom stereocenters. The fourth-order valence-corrected chi connectivity index (χ4v) is 3.36. The van der Waals surface area contributed by atoms with Crippen LogP contribution < -0.4 is 17.0 Å². The first-order valence-corrected chi connectivity index (χ1v) is 8.78. The summed E-state index contributed by atoms with van der Waals surface area (Å²) in [6.45, 7) is 0. The van der Waals surface area contributed by atoms with E-state index in [1.807, 2.05) is 0 Å².